The van der Waals surface area contributed by atoms with Gasteiger partial charge in [0.2, 0.25) is 5.95 Å². The van der Waals surface area contributed by atoms with Crippen LogP contribution in [0.5, 0.6) is 0 Å². The second-order valence-electron chi connectivity index (χ2n) is 3.93. The summed E-state index contributed by atoms with van der Waals surface area (Å²) in [6.45, 7) is 3.03. The molecule has 8 nitrogen and oxygen atoms in total. The van der Waals surface area contributed by atoms with E-state index in [1.54, 1.807) is 6.33 Å². The SMILES string of the molecule is CCCNc1nc(SCCCO)nc(-n2cncn2)n1. The van der Waals surface area contributed by atoms with Gasteiger partial charge in [-0.1, -0.05) is 18.7 Å². The Balaban J connectivity index is 2.19. The van der Waals surface area contributed by atoms with Crippen molar-refractivity contribution >= 4 is 17.7 Å². The summed E-state index contributed by atoms with van der Waals surface area (Å²) in [5.41, 5.74) is 0. The molecule has 0 aromatic carbocycles. The van der Waals surface area contributed by atoms with Gasteiger partial charge in [0, 0.05) is 18.9 Å². The molecule has 20 heavy (non-hydrogen) atoms. The summed E-state index contributed by atoms with van der Waals surface area (Å²) >= 11 is 1.48. The van der Waals surface area contributed by atoms with E-state index in [1.807, 2.05) is 0 Å². The van der Waals surface area contributed by atoms with E-state index in [0.29, 0.717) is 23.5 Å². The van der Waals surface area contributed by atoms with E-state index in [-0.39, 0.29) is 6.61 Å². The van der Waals surface area contributed by atoms with Crippen LogP contribution in [0.25, 0.3) is 5.95 Å². The Kier molecular flexibility index (Phi) is 5.69. The maximum atomic E-state index is 8.82. The van der Waals surface area contributed by atoms with Crippen LogP contribution in [0.4, 0.5) is 5.95 Å². The number of anilines is 1. The molecule has 0 aliphatic carbocycles. The van der Waals surface area contributed by atoms with E-state index < -0.39 is 0 Å². The van der Waals surface area contributed by atoms with E-state index >= 15 is 0 Å². The molecular formula is C11H17N7OS. The van der Waals surface area contributed by atoms with Gasteiger partial charge < -0.3 is 10.4 Å². The lowest BCUT2D eigenvalue weighted by molar-refractivity contribution is 0.296. The van der Waals surface area contributed by atoms with Crippen molar-refractivity contribution in [2.24, 2.45) is 0 Å². The highest BCUT2D eigenvalue weighted by Gasteiger charge is 2.09. The first-order valence-electron chi connectivity index (χ1n) is 6.42. The van der Waals surface area contributed by atoms with Gasteiger partial charge in [0.15, 0.2) is 5.16 Å². The lowest BCUT2D eigenvalue weighted by Gasteiger charge is -2.07. The van der Waals surface area contributed by atoms with Crippen molar-refractivity contribution < 1.29 is 5.11 Å². The highest BCUT2D eigenvalue weighted by atomic mass is 32.2. The highest BCUT2D eigenvalue weighted by Crippen LogP contribution is 2.16. The molecule has 0 unspecified atom stereocenters. The smallest absolute Gasteiger partial charge is 0.257 e. The minimum absolute atomic E-state index is 0.162. The zero-order chi connectivity index (χ0) is 14.2. The number of aliphatic hydroxyl groups is 1. The quantitative estimate of drug-likeness (QED) is 0.543. The van der Waals surface area contributed by atoms with Crippen molar-refractivity contribution in [3.05, 3.63) is 12.7 Å². The topological polar surface area (TPSA) is 102 Å². The number of rotatable bonds is 8. The molecule has 2 aromatic rings. The van der Waals surface area contributed by atoms with Crippen LogP contribution in [0.2, 0.25) is 0 Å². The van der Waals surface area contributed by atoms with Gasteiger partial charge in [-0.25, -0.2) is 4.98 Å². The molecule has 0 spiro atoms. The van der Waals surface area contributed by atoms with Gasteiger partial charge in [0.1, 0.15) is 12.7 Å². The van der Waals surface area contributed by atoms with Crippen molar-refractivity contribution in [3.8, 4) is 5.95 Å². The Morgan fingerprint density at radius 2 is 2.25 bits per heavy atom. The van der Waals surface area contributed by atoms with Gasteiger partial charge in [-0.05, 0) is 12.8 Å². The highest BCUT2D eigenvalue weighted by molar-refractivity contribution is 7.99. The average molecular weight is 295 g/mol. The van der Waals surface area contributed by atoms with E-state index in [9.17, 15) is 0 Å². The van der Waals surface area contributed by atoms with Crippen molar-refractivity contribution in [2.75, 3.05) is 24.2 Å². The van der Waals surface area contributed by atoms with Gasteiger partial charge in [-0.15, -0.1) is 0 Å². The molecule has 0 fully saturated rings. The van der Waals surface area contributed by atoms with Gasteiger partial charge in [-0.2, -0.15) is 24.7 Å². The van der Waals surface area contributed by atoms with Crippen LogP contribution in [0.1, 0.15) is 19.8 Å². The van der Waals surface area contributed by atoms with Gasteiger partial charge in [-0.3, -0.25) is 0 Å². The van der Waals surface area contributed by atoms with Crippen LogP contribution in [0.3, 0.4) is 0 Å². The summed E-state index contributed by atoms with van der Waals surface area (Å²) in [5, 5.41) is 16.6. The van der Waals surface area contributed by atoms with Crippen LogP contribution >= 0.6 is 11.8 Å². The number of hydrogen-bond donors (Lipinski definition) is 2. The first-order chi connectivity index (χ1) is 9.83. The first kappa shape index (κ1) is 14.7. The van der Waals surface area contributed by atoms with Crippen LogP contribution in [0, 0.1) is 0 Å². The second-order valence-corrected chi connectivity index (χ2v) is 5.00. The second kappa shape index (κ2) is 7.75. The molecule has 0 amide bonds. The van der Waals surface area contributed by atoms with E-state index in [0.717, 1.165) is 18.7 Å². The molecule has 0 atom stereocenters. The average Bonchev–Trinajstić information content (AvgIpc) is 2.99. The zero-order valence-corrected chi connectivity index (χ0v) is 12.0. The standard InChI is InChI=1S/C11H17N7OS/c1-2-4-13-9-15-10(18-8-12-7-14-18)17-11(16-9)20-6-3-5-19/h7-8,19H,2-6H2,1H3,(H,13,15,16,17). The van der Waals surface area contributed by atoms with E-state index in [1.165, 1.54) is 22.8 Å². The maximum absolute atomic E-state index is 8.82. The Morgan fingerprint density at radius 1 is 1.35 bits per heavy atom. The molecular weight excluding hydrogens is 278 g/mol. The number of aliphatic hydroxyl groups excluding tert-OH is 1. The Hall–Kier alpha value is -1.74. The molecule has 0 aliphatic heterocycles. The summed E-state index contributed by atoms with van der Waals surface area (Å²) in [7, 11) is 0. The molecule has 2 N–H and O–H groups in total. The van der Waals surface area contributed by atoms with Crippen LogP contribution in [0.15, 0.2) is 17.8 Å². The molecule has 2 heterocycles. The Bertz CT molecular complexity index is 519. The summed E-state index contributed by atoms with van der Waals surface area (Å²) in [6, 6.07) is 0. The van der Waals surface area contributed by atoms with E-state index in [4.69, 9.17) is 5.11 Å². The Labute approximate surface area is 121 Å². The predicted octanol–water partition coefficient (Wildman–Crippen LogP) is 0.749. The molecule has 9 heteroatoms. The molecule has 2 aromatic heterocycles. The van der Waals surface area contributed by atoms with Gasteiger partial charge in [0.05, 0.1) is 0 Å². The number of hydrogen-bond acceptors (Lipinski definition) is 8. The molecule has 0 radical (unpaired) electrons. The third-order valence-corrected chi connectivity index (χ3v) is 3.23. The summed E-state index contributed by atoms with van der Waals surface area (Å²) in [4.78, 5) is 16.9. The largest absolute Gasteiger partial charge is 0.396 e. The minimum atomic E-state index is 0.162. The monoisotopic (exact) mass is 295 g/mol. The van der Waals surface area contributed by atoms with Gasteiger partial charge >= 0.3 is 0 Å². The van der Waals surface area contributed by atoms with Crippen molar-refractivity contribution in [3.63, 3.8) is 0 Å². The van der Waals surface area contributed by atoms with Crippen LogP contribution in [-0.2, 0) is 0 Å². The van der Waals surface area contributed by atoms with E-state index in [2.05, 4.69) is 37.3 Å². The van der Waals surface area contributed by atoms with Crippen molar-refractivity contribution in [1.82, 2.24) is 29.7 Å². The molecule has 0 saturated heterocycles. The normalized spacial score (nSPS) is 10.7. The first-order valence-corrected chi connectivity index (χ1v) is 7.40. The molecule has 108 valence electrons. The zero-order valence-electron chi connectivity index (χ0n) is 11.2. The van der Waals surface area contributed by atoms with Crippen molar-refractivity contribution in [1.29, 1.82) is 0 Å². The fourth-order valence-corrected chi connectivity index (χ4v) is 2.12. The fourth-order valence-electron chi connectivity index (χ4n) is 1.37. The summed E-state index contributed by atoms with van der Waals surface area (Å²) in [6.07, 6.45) is 4.66. The number of thioether (sulfide) groups is 1. The molecule has 0 saturated carbocycles. The third-order valence-electron chi connectivity index (χ3n) is 2.29. The predicted molar refractivity (Wildman–Crippen MR) is 76.0 cm³/mol. The third kappa shape index (κ3) is 4.14. The fraction of sp³-hybridized carbons (Fsp3) is 0.545. The summed E-state index contributed by atoms with van der Waals surface area (Å²) < 4.78 is 1.49. The number of aromatic nitrogens is 6. The summed E-state index contributed by atoms with van der Waals surface area (Å²) in [5.74, 6) is 1.71. The van der Waals surface area contributed by atoms with Crippen LogP contribution in [-0.4, -0.2) is 53.7 Å². The number of nitrogens with one attached hydrogen (secondary N) is 1. The molecule has 2 rings (SSSR count). The molecule has 0 aliphatic rings. The Morgan fingerprint density at radius 3 is 2.95 bits per heavy atom. The maximum Gasteiger partial charge on any atom is 0.257 e. The minimum Gasteiger partial charge on any atom is -0.396 e. The lowest BCUT2D eigenvalue weighted by atomic mass is 10.5. The van der Waals surface area contributed by atoms with Crippen LogP contribution < -0.4 is 5.32 Å². The lowest BCUT2D eigenvalue weighted by Crippen LogP contribution is -2.10. The number of nitrogens with zero attached hydrogens (tertiary/aromatic N) is 6. The molecule has 0 bridgehead atoms. The van der Waals surface area contributed by atoms with Crippen molar-refractivity contribution in [2.45, 2.75) is 24.9 Å². The van der Waals surface area contributed by atoms with Gasteiger partial charge in [0.25, 0.3) is 5.95 Å².